The van der Waals surface area contributed by atoms with Crippen molar-refractivity contribution in [2.75, 3.05) is 0 Å². The first-order valence-corrected chi connectivity index (χ1v) is 9.08. The molecule has 1 N–H and O–H groups in total. The van der Waals surface area contributed by atoms with Gasteiger partial charge in [0, 0.05) is 24.0 Å². The lowest BCUT2D eigenvalue weighted by Gasteiger charge is -2.30. The predicted octanol–water partition coefficient (Wildman–Crippen LogP) is 4.20. The molecule has 2 heteroatoms. The third-order valence-electron chi connectivity index (χ3n) is 5.33. The number of hydrogen-bond acceptors (Lipinski definition) is 2. The molecule has 0 radical (unpaired) electrons. The number of pyridine rings is 1. The molecule has 3 rings (SSSR count). The Morgan fingerprint density at radius 2 is 1.76 bits per heavy atom. The van der Waals surface area contributed by atoms with Crippen LogP contribution in [0.25, 0.3) is 0 Å². The van der Waals surface area contributed by atoms with Crippen LogP contribution in [0.5, 0.6) is 0 Å². The van der Waals surface area contributed by atoms with Crippen LogP contribution in [-0.4, -0.2) is 17.1 Å². The second-order valence-corrected chi connectivity index (χ2v) is 6.93. The number of nitrogens with one attached hydrogen (secondary N) is 1. The van der Waals surface area contributed by atoms with Crippen molar-refractivity contribution in [3.8, 4) is 0 Å². The van der Waals surface area contributed by atoms with Gasteiger partial charge in [0.1, 0.15) is 0 Å². The van der Waals surface area contributed by atoms with Crippen LogP contribution in [0.3, 0.4) is 0 Å². The number of aryl methyl sites for hydroxylation is 3. The molecule has 116 valence electrons. The van der Waals surface area contributed by atoms with Crippen LogP contribution < -0.4 is 5.32 Å². The van der Waals surface area contributed by atoms with Crippen LogP contribution in [0.15, 0.2) is 12.3 Å². The Hall–Kier alpha value is -0.890. The van der Waals surface area contributed by atoms with Crippen LogP contribution >= 0.6 is 0 Å². The molecule has 1 saturated carbocycles. The minimum absolute atomic E-state index is 0.728. The van der Waals surface area contributed by atoms with Gasteiger partial charge in [-0.3, -0.25) is 4.98 Å². The number of aromatic nitrogens is 1. The average Bonchev–Trinajstić information content (AvgIpc) is 2.51. The van der Waals surface area contributed by atoms with Crippen molar-refractivity contribution in [3.05, 3.63) is 29.1 Å². The first kappa shape index (κ1) is 15.0. The summed E-state index contributed by atoms with van der Waals surface area (Å²) >= 11 is 0. The van der Waals surface area contributed by atoms with E-state index in [9.17, 15) is 0 Å². The summed E-state index contributed by atoms with van der Waals surface area (Å²) in [5, 5.41) is 3.96. The van der Waals surface area contributed by atoms with E-state index in [1.54, 1.807) is 0 Å². The van der Waals surface area contributed by atoms with E-state index in [2.05, 4.69) is 24.5 Å². The Balaban J connectivity index is 1.61. The van der Waals surface area contributed by atoms with Crippen LogP contribution in [0.1, 0.15) is 75.1 Å². The molecule has 0 saturated heterocycles. The Morgan fingerprint density at radius 1 is 1.00 bits per heavy atom. The maximum absolute atomic E-state index is 4.71. The Bertz CT molecular complexity index is 449. The molecule has 1 fully saturated rings. The molecule has 0 spiro atoms. The lowest BCUT2D eigenvalue weighted by Crippen LogP contribution is -2.40. The van der Waals surface area contributed by atoms with Crippen LogP contribution in [0, 0.1) is 0 Å². The molecular weight excluding hydrogens is 256 g/mol. The fraction of sp³-hybridized carbons (Fsp3) is 0.737. The third-order valence-corrected chi connectivity index (χ3v) is 5.33. The predicted molar refractivity (Wildman–Crippen MR) is 88.7 cm³/mol. The van der Waals surface area contributed by atoms with E-state index in [-0.39, 0.29) is 0 Å². The molecule has 1 unspecified atom stereocenters. The van der Waals surface area contributed by atoms with Crippen molar-refractivity contribution in [1.82, 2.24) is 10.3 Å². The zero-order valence-electron chi connectivity index (χ0n) is 13.5. The molecule has 2 aliphatic rings. The molecule has 0 bridgehead atoms. The fourth-order valence-electron chi connectivity index (χ4n) is 3.98. The molecule has 1 aromatic heterocycles. The van der Waals surface area contributed by atoms with Gasteiger partial charge in [0.15, 0.2) is 0 Å². The van der Waals surface area contributed by atoms with E-state index in [0.717, 1.165) is 18.5 Å². The topological polar surface area (TPSA) is 24.9 Å². The van der Waals surface area contributed by atoms with Gasteiger partial charge in [0.25, 0.3) is 0 Å². The van der Waals surface area contributed by atoms with E-state index in [1.165, 1.54) is 81.0 Å². The number of nitrogens with zero attached hydrogens (tertiary/aromatic N) is 1. The lowest BCUT2D eigenvalue weighted by molar-refractivity contribution is 0.313. The SMILES string of the molecule is CCc1cnc2c(c1)CCC(NC1CCCCC1)CCC2. The van der Waals surface area contributed by atoms with Gasteiger partial charge in [-0.05, 0) is 62.5 Å². The zero-order valence-corrected chi connectivity index (χ0v) is 13.5. The molecule has 1 atom stereocenters. The molecule has 2 aliphatic carbocycles. The minimum Gasteiger partial charge on any atom is -0.311 e. The van der Waals surface area contributed by atoms with Gasteiger partial charge in [-0.15, -0.1) is 0 Å². The number of rotatable bonds is 3. The highest BCUT2D eigenvalue weighted by atomic mass is 14.9. The molecular formula is C19H30N2. The smallest absolute Gasteiger partial charge is 0.0435 e. The molecule has 1 aromatic rings. The second kappa shape index (κ2) is 7.40. The molecule has 21 heavy (non-hydrogen) atoms. The zero-order chi connectivity index (χ0) is 14.5. The second-order valence-electron chi connectivity index (χ2n) is 6.93. The molecule has 0 amide bonds. The van der Waals surface area contributed by atoms with E-state index in [4.69, 9.17) is 4.98 Å². The first-order valence-electron chi connectivity index (χ1n) is 9.08. The summed E-state index contributed by atoms with van der Waals surface area (Å²) < 4.78 is 0. The maximum Gasteiger partial charge on any atom is 0.0435 e. The fourth-order valence-corrected chi connectivity index (χ4v) is 3.98. The molecule has 1 heterocycles. The monoisotopic (exact) mass is 286 g/mol. The van der Waals surface area contributed by atoms with Crippen molar-refractivity contribution in [2.24, 2.45) is 0 Å². The largest absolute Gasteiger partial charge is 0.311 e. The van der Waals surface area contributed by atoms with E-state index >= 15 is 0 Å². The maximum atomic E-state index is 4.71. The van der Waals surface area contributed by atoms with Gasteiger partial charge in [-0.1, -0.05) is 32.3 Å². The number of hydrogen-bond donors (Lipinski definition) is 1. The van der Waals surface area contributed by atoms with E-state index in [0.29, 0.717) is 0 Å². The van der Waals surface area contributed by atoms with Gasteiger partial charge < -0.3 is 5.32 Å². The third kappa shape index (κ3) is 4.06. The normalized spacial score (nSPS) is 24.1. The molecule has 0 aliphatic heterocycles. The minimum atomic E-state index is 0.728. The lowest BCUT2D eigenvalue weighted by atomic mass is 9.90. The highest BCUT2D eigenvalue weighted by Gasteiger charge is 2.20. The van der Waals surface area contributed by atoms with Crippen molar-refractivity contribution < 1.29 is 0 Å². The highest BCUT2D eigenvalue weighted by Crippen LogP contribution is 2.23. The highest BCUT2D eigenvalue weighted by molar-refractivity contribution is 5.26. The van der Waals surface area contributed by atoms with Gasteiger partial charge >= 0.3 is 0 Å². The van der Waals surface area contributed by atoms with Crippen LogP contribution in [0.2, 0.25) is 0 Å². The summed E-state index contributed by atoms with van der Waals surface area (Å²) in [6.07, 6.45) is 16.6. The Kier molecular flexibility index (Phi) is 5.29. The average molecular weight is 286 g/mol. The summed E-state index contributed by atoms with van der Waals surface area (Å²) in [6.45, 7) is 2.22. The van der Waals surface area contributed by atoms with Crippen molar-refractivity contribution in [1.29, 1.82) is 0 Å². The number of fused-ring (bicyclic) bond motifs is 1. The van der Waals surface area contributed by atoms with Crippen LogP contribution in [0.4, 0.5) is 0 Å². The van der Waals surface area contributed by atoms with E-state index in [1.807, 2.05) is 0 Å². The molecule has 0 aromatic carbocycles. The standard InChI is InChI=1S/C19H30N2/c1-2-15-13-16-11-12-18(9-6-10-19(16)20-14-15)21-17-7-4-3-5-8-17/h13-14,17-18,21H,2-12H2,1H3. The van der Waals surface area contributed by atoms with Crippen LogP contribution in [-0.2, 0) is 19.3 Å². The molecule has 2 nitrogen and oxygen atoms in total. The van der Waals surface area contributed by atoms with E-state index < -0.39 is 0 Å². The van der Waals surface area contributed by atoms with Gasteiger partial charge in [0.2, 0.25) is 0 Å². The quantitative estimate of drug-likeness (QED) is 0.900. The van der Waals surface area contributed by atoms with Crippen molar-refractivity contribution in [2.45, 2.75) is 89.6 Å². The summed E-state index contributed by atoms with van der Waals surface area (Å²) in [6, 6.07) is 3.93. The summed E-state index contributed by atoms with van der Waals surface area (Å²) in [4.78, 5) is 4.71. The van der Waals surface area contributed by atoms with Gasteiger partial charge in [-0.2, -0.15) is 0 Å². The first-order chi connectivity index (χ1) is 10.3. The Morgan fingerprint density at radius 3 is 2.57 bits per heavy atom. The van der Waals surface area contributed by atoms with Gasteiger partial charge in [-0.25, -0.2) is 0 Å². The van der Waals surface area contributed by atoms with Crippen molar-refractivity contribution >= 4 is 0 Å². The summed E-state index contributed by atoms with van der Waals surface area (Å²) in [5.74, 6) is 0. The van der Waals surface area contributed by atoms with Crippen molar-refractivity contribution in [3.63, 3.8) is 0 Å². The summed E-state index contributed by atoms with van der Waals surface area (Å²) in [5.41, 5.74) is 4.28. The summed E-state index contributed by atoms with van der Waals surface area (Å²) in [7, 11) is 0. The van der Waals surface area contributed by atoms with Gasteiger partial charge in [0.05, 0.1) is 0 Å². The Labute approximate surface area is 129 Å².